The maximum atomic E-state index is 13.2. The van der Waals surface area contributed by atoms with Gasteiger partial charge in [0.1, 0.15) is 7.11 Å². The molecule has 0 spiro atoms. The van der Waals surface area contributed by atoms with E-state index >= 15 is 0 Å². The van der Waals surface area contributed by atoms with E-state index in [0.29, 0.717) is 11.0 Å². The number of piperidine rings is 2. The first-order valence-electron chi connectivity index (χ1n) is 11.5. The second-order valence-electron chi connectivity index (χ2n) is 8.74. The van der Waals surface area contributed by atoms with Gasteiger partial charge < -0.3 is 15.5 Å². The molecule has 2 fully saturated rings. The highest BCUT2D eigenvalue weighted by Gasteiger charge is 2.33. The molecule has 4 rings (SSSR count). The molecule has 3 heterocycles. The lowest BCUT2D eigenvalue weighted by atomic mass is 9.87. The topological polar surface area (TPSA) is 96.9 Å². The molecule has 0 atom stereocenters. The molecular weight excluding hydrogens is 440 g/mol. The number of nitrogens with two attached hydrogens (primary N) is 1. The third kappa shape index (κ3) is 5.81. The molecule has 1 aromatic heterocycles. The molecule has 0 aliphatic carbocycles. The van der Waals surface area contributed by atoms with E-state index in [1.54, 1.807) is 19.5 Å². The summed E-state index contributed by atoms with van der Waals surface area (Å²) >= 11 is 6.41. The predicted molar refractivity (Wildman–Crippen MR) is 129 cm³/mol. The number of benzene rings is 1. The highest BCUT2D eigenvalue weighted by Crippen LogP contribution is 2.29. The first kappa shape index (κ1) is 23.4. The van der Waals surface area contributed by atoms with Crippen molar-refractivity contribution in [3.63, 3.8) is 0 Å². The smallest absolute Gasteiger partial charge is 0.225 e. The molecule has 1 aromatic carbocycles. The summed E-state index contributed by atoms with van der Waals surface area (Å²) in [5.74, 6) is 0.889. The number of anilines is 1. The van der Waals surface area contributed by atoms with Crippen LogP contribution in [0.4, 0.5) is 5.95 Å². The van der Waals surface area contributed by atoms with E-state index < -0.39 is 0 Å². The summed E-state index contributed by atoms with van der Waals surface area (Å²) in [6.07, 6.45) is 7.01. The number of halogens is 1. The van der Waals surface area contributed by atoms with Gasteiger partial charge in [-0.3, -0.25) is 9.69 Å². The number of likely N-dealkylation sites (tertiary alicyclic amines) is 2. The summed E-state index contributed by atoms with van der Waals surface area (Å²) in [6, 6.07) is 7.71. The number of nitrogen functional groups attached to an aromatic ring is 1. The summed E-state index contributed by atoms with van der Waals surface area (Å²) in [5.41, 5.74) is 8.38. The zero-order valence-electron chi connectivity index (χ0n) is 19.0. The predicted octanol–water partition coefficient (Wildman–Crippen LogP) is 3.21. The number of hydrogen-bond acceptors (Lipinski definition) is 7. The standard InChI is InChI=1S/C24H31ClN6O2/c1-33-29-22(20-4-2-3-5-21(20)25)18-8-12-31(13-9-18)23(32)19-6-10-30(11-7-19)16-17-14-27-24(26)28-15-17/h2-5,14-15,18-19H,6-13,16H2,1H3,(H2,26,27,28)/b29-22-. The Bertz CT molecular complexity index is 967. The van der Waals surface area contributed by atoms with Gasteiger partial charge >= 0.3 is 0 Å². The van der Waals surface area contributed by atoms with Crippen LogP contribution in [-0.4, -0.2) is 64.7 Å². The lowest BCUT2D eigenvalue weighted by Gasteiger charge is -2.37. The largest absolute Gasteiger partial charge is 0.399 e. The number of carbonyl (C=O) groups excluding carboxylic acids is 1. The molecule has 0 radical (unpaired) electrons. The third-order valence-electron chi connectivity index (χ3n) is 6.60. The lowest BCUT2D eigenvalue weighted by Crippen LogP contribution is -2.46. The number of carbonyl (C=O) groups is 1. The fourth-order valence-electron chi connectivity index (χ4n) is 4.79. The van der Waals surface area contributed by atoms with Gasteiger partial charge in [0.15, 0.2) is 0 Å². The third-order valence-corrected chi connectivity index (χ3v) is 6.93. The maximum Gasteiger partial charge on any atom is 0.225 e. The molecule has 176 valence electrons. The zero-order chi connectivity index (χ0) is 23.2. The number of rotatable bonds is 6. The Kier molecular flexibility index (Phi) is 7.77. The fraction of sp³-hybridized carbons (Fsp3) is 0.500. The molecular formula is C24H31ClN6O2. The quantitative estimate of drug-likeness (QED) is 0.514. The zero-order valence-corrected chi connectivity index (χ0v) is 19.7. The van der Waals surface area contributed by atoms with Gasteiger partial charge in [-0.2, -0.15) is 0 Å². The van der Waals surface area contributed by atoms with Crippen molar-refractivity contribution in [3.05, 3.63) is 52.8 Å². The second-order valence-corrected chi connectivity index (χ2v) is 9.15. The van der Waals surface area contributed by atoms with E-state index in [1.807, 2.05) is 29.2 Å². The highest BCUT2D eigenvalue weighted by atomic mass is 35.5. The van der Waals surface area contributed by atoms with E-state index in [2.05, 4.69) is 20.0 Å². The average Bonchev–Trinajstić information content (AvgIpc) is 2.85. The van der Waals surface area contributed by atoms with Gasteiger partial charge in [0.2, 0.25) is 11.9 Å². The van der Waals surface area contributed by atoms with Crippen LogP contribution in [0.15, 0.2) is 41.8 Å². The molecule has 8 nitrogen and oxygen atoms in total. The molecule has 2 aromatic rings. The molecule has 2 aliphatic heterocycles. The van der Waals surface area contributed by atoms with Crippen molar-refractivity contribution < 1.29 is 9.63 Å². The molecule has 33 heavy (non-hydrogen) atoms. The summed E-state index contributed by atoms with van der Waals surface area (Å²) in [6.45, 7) is 4.05. The van der Waals surface area contributed by atoms with E-state index in [1.165, 1.54) is 0 Å². The first-order chi connectivity index (χ1) is 16.0. The summed E-state index contributed by atoms with van der Waals surface area (Å²) in [7, 11) is 1.56. The van der Waals surface area contributed by atoms with Gasteiger partial charge in [-0.05, 0) is 44.8 Å². The first-order valence-corrected chi connectivity index (χ1v) is 11.9. The SMILES string of the molecule is CO/N=C(\c1ccccc1Cl)C1CCN(C(=O)C2CCN(Cc3cnc(N)nc3)CC2)CC1. The van der Waals surface area contributed by atoms with Crippen LogP contribution in [0.5, 0.6) is 0 Å². The van der Waals surface area contributed by atoms with Gasteiger partial charge in [-0.15, -0.1) is 0 Å². The Morgan fingerprint density at radius 3 is 2.36 bits per heavy atom. The number of nitrogens with zero attached hydrogens (tertiary/aromatic N) is 5. The lowest BCUT2D eigenvalue weighted by molar-refractivity contribution is -0.138. The van der Waals surface area contributed by atoms with Gasteiger partial charge in [-0.1, -0.05) is 35.0 Å². The van der Waals surface area contributed by atoms with Gasteiger partial charge in [0, 0.05) is 60.0 Å². The molecule has 9 heteroatoms. The van der Waals surface area contributed by atoms with Gasteiger partial charge in [0.25, 0.3) is 0 Å². The Morgan fingerprint density at radius 2 is 1.73 bits per heavy atom. The van der Waals surface area contributed by atoms with Crippen molar-refractivity contribution in [2.45, 2.75) is 32.2 Å². The Hall–Kier alpha value is -2.71. The number of amides is 1. The van der Waals surface area contributed by atoms with Crippen LogP contribution in [0.2, 0.25) is 5.02 Å². The summed E-state index contributed by atoms with van der Waals surface area (Å²) < 4.78 is 0. The molecule has 2 aliphatic rings. The summed E-state index contributed by atoms with van der Waals surface area (Å²) in [4.78, 5) is 30.8. The van der Waals surface area contributed by atoms with Gasteiger partial charge in [-0.25, -0.2) is 9.97 Å². The molecule has 0 saturated carbocycles. The fourth-order valence-corrected chi connectivity index (χ4v) is 5.02. The monoisotopic (exact) mass is 470 g/mol. The molecule has 0 unspecified atom stereocenters. The minimum Gasteiger partial charge on any atom is -0.399 e. The van der Waals surface area contributed by atoms with Crippen molar-refractivity contribution in [2.24, 2.45) is 17.0 Å². The van der Waals surface area contributed by atoms with Crippen LogP contribution in [0.3, 0.4) is 0 Å². The second kappa shape index (κ2) is 10.9. The van der Waals surface area contributed by atoms with Crippen LogP contribution in [0, 0.1) is 11.8 Å². The van der Waals surface area contributed by atoms with E-state index in [-0.39, 0.29) is 17.7 Å². The van der Waals surface area contributed by atoms with Crippen LogP contribution < -0.4 is 5.73 Å². The molecule has 0 bridgehead atoms. The van der Waals surface area contributed by atoms with Gasteiger partial charge in [0.05, 0.1) is 5.71 Å². The average molecular weight is 471 g/mol. The highest BCUT2D eigenvalue weighted by molar-refractivity contribution is 6.34. The number of oxime groups is 1. The van der Waals surface area contributed by atoms with Crippen molar-refractivity contribution in [3.8, 4) is 0 Å². The number of hydrogen-bond donors (Lipinski definition) is 1. The van der Waals surface area contributed by atoms with Crippen molar-refractivity contribution in [2.75, 3.05) is 39.0 Å². The number of aromatic nitrogens is 2. The van der Waals surface area contributed by atoms with Crippen molar-refractivity contribution in [1.82, 2.24) is 19.8 Å². The minimum atomic E-state index is 0.0937. The van der Waals surface area contributed by atoms with Crippen LogP contribution in [0.25, 0.3) is 0 Å². The Labute approximate surface area is 199 Å². The van der Waals surface area contributed by atoms with Crippen LogP contribution >= 0.6 is 11.6 Å². The summed E-state index contributed by atoms with van der Waals surface area (Å²) in [5, 5.41) is 4.96. The normalized spacial score (nSPS) is 19.0. The van der Waals surface area contributed by atoms with Crippen molar-refractivity contribution >= 4 is 29.2 Å². The van der Waals surface area contributed by atoms with E-state index in [9.17, 15) is 4.79 Å². The van der Waals surface area contributed by atoms with Crippen LogP contribution in [0.1, 0.15) is 36.8 Å². The molecule has 1 amide bonds. The molecule has 2 saturated heterocycles. The maximum absolute atomic E-state index is 13.2. The molecule has 2 N–H and O–H groups in total. The Morgan fingerprint density at radius 1 is 1.09 bits per heavy atom. The van der Waals surface area contributed by atoms with E-state index in [0.717, 1.165) is 75.2 Å². The van der Waals surface area contributed by atoms with Crippen LogP contribution in [-0.2, 0) is 16.2 Å². The minimum absolute atomic E-state index is 0.0937. The van der Waals surface area contributed by atoms with Crippen molar-refractivity contribution in [1.29, 1.82) is 0 Å². The van der Waals surface area contributed by atoms with E-state index in [4.69, 9.17) is 22.2 Å². The Balaban J connectivity index is 1.28.